The van der Waals surface area contributed by atoms with Crippen molar-refractivity contribution in [1.82, 2.24) is 14.7 Å². The second-order valence-corrected chi connectivity index (χ2v) is 6.94. The molecule has 154 valence electrons. The zero-order valence-electron chi connectivity index (χ0n) is 16.3. The number of hydrogen-bond donors (Lipinski definition) is 1. The number of carbonyl (C=O) groups is 2. The molecule has 0 radical (unpaired) electrons. The largest absolute Gasteiger partial charge is 0.465 e. The van der Waals surface area contributed by atoms with Crippen LogP contribution in [0.5, 0.6) is 0 Å². The molecule has 1 heterocycles. The van der Waals surface area contributed by atoms with Crippen molar-refractivity contribution in [2.45, 2.75) is 13.0 Å². The smallest absolute Gasteiger partial charge is 0.407 e. The lowest BCUT2D eigenvalue weighted by atomic mass is 10.1. The molecule has 1 aromatic rings. The molecule has 1 atom stereocenters. The highest BCUT2D eigenvalue weighted by Crippen LogP contribution is 2.18. The summed E-state index contributed by atoms with van der Waals surface area (Å²) in [5, 5.41) is 19.8. The van der Waals surface area contributed by atoms with Crippen LogP contribution in [-0.2, 0) is 4.74 Å². The lowest BCUT2D eigenvalue weighted by molar-refractivity contribution is -0.384. The van der Waals surface area contributed by atoms with Crippen molar-refractivity contribution in [3.05, 3.63) is 39.4 Å². The van der Waals surface area contributed by atoms with Gasteiger partial charge in [-0.25, -0.2) is 4.79 Å². The molecule has 2 rings (SSSR count). The van der Waals surface area contributed by atoms with Gasteiger partial charge in [-0.05, 0) is 18.6 Å². The fraction of sp³-hybridized carbons (Fsp3) is 0.556. The first-order valence-electron chi connectivity index (χ1n) is 8.97. The van der Waals surface area contributed by atoms with E-state index in [1.807, 2.05) is 0 Å². The molecule has 0 saturated carbocycles. The number of nitro benzene ring substituents is 1. The minimum absolute atomic E-state index is 0.0395. The number of carboxylic acid groups (broad SMARTS) is 1. The van der Waals surface area contributed by atoms with Gasteiger partial charge in [0, 0.05) is 58.0 Å². The van der Waals surface area contributed by atoms with Gasteiger partial charge in [0.15, 0.2) is 0 Å². The molecule has 1 saturated heterocycles. The van der Waals surface area contributed by atoms with Crippen molar-refractivity contribution in [2.24, 2.45) is 0 Å². The minimum Gasteiger partial charge on any atom is -0.465 e. The van der Waals surface area contributed by atoms with Crippen LogP contribution in [0.1, 0.15) is 15.9 Å². The van der Waals surface area contributed by atoms with Gasteiger partial charge < -0.3 is 19.6 Å². The average Bonchev–Trinajstić information content (AvgIpc) is 2.65. The van der Waals surface area contributed by atoms with E-state index in [2.05, 4.69) is 4.90 Å². The van der Waals surface area contributed by atoms with E-state index in [9.17, 15) is 19.7 Å². The first kappa shape index (κ1) is 21.6. The second kappa shape index (κ2) is 9.47. The molecule has 10 nitrogen and oxygen atoms in total. The van der Waals surface area contributed by atoms with Crippen molar-refractivity contribution < 1.29 is 24.4 Å². The standard InChI is InChI=1S/C18H26N4O6/c1-13-10-14(22(26)27)4-5-16(13)17(23)19(2)6-7-21-8-9-28-15(12-21)11-20(3)18(24)25/h4-5,10,15H,6-9,11-12H2,1-3H3,(H,24,25). The first-order chi connectivity index (χ1) is 13.2. The summed E-state index contributed by atoms with van der Waals surface area (Å²) in [6.45, 7) is 4.91. The number of morpholine rings is 1. The average molecular weight is 394 g/mol. The van der Waals surface area contributed by atoms with Crippen LogP contribution in [0.15, 0.2) is 18.2 Å². The summed E-state index contributed by atoms with van der Waals surface area (Å²) in [6, 6.07) is 4.21. The maximum Gasteiger partial charge on any atom is 0.407 e. The second-order valence-electron chi connectivity index (χ2n) is 6.94. The molecule has 1 aromatic carbocycles. The molecule has 1 aliphatic heterocycles. The van der Waals surface area contributed by atoms with Crippen LogP contribution in [0.25, 0.3) is 0 Å². The maximum atomic E-state index is 12.6. The van der Waals surface area contributed by atoms with Gasteiger partial charge in [0.25, 0.3) is 11.6 Å². The molecule has 1 aliphatic rings. The summed E-state index contributed by atoms with van der Waals surface area (Å²) >= 11 is 0. The molecule has 28 heavy (non-hydrogen) atoms. The van der Waals surface area contributed by atoms with E-state index < -0.39 is 11.0 Å². The van der Waals surface area contributed by atoms with Crippen LogP contribution in [0.4, 0.5) is 10.5 Å². The minimum atomic E-state index is -0.996. The lowest BCUT2D eigenvalue weighted by Crippen LogP contribution is -2.49. The Hall–Kier alpha value is -2.72. The fourth-order valence-corrected chi connectivity index (χ4v) is 3.08. The van der Waals surface area contributed by atoms with Gasteiger partial charge in [0.2, 0.25) is 0 Å². The molecule has 0 aromatic heterocycles. The van der Waals surface area contributed by atoms with Crippen LogP contribution < -0.4 is 0 Å². The normalized spacial score (nSPS) is 17.2. The summed E-state index contributed by atoms with van der Waals surface area (Å²) in [7, 11) is 3.20. The van der Waals surface area contributed by atoms with Gasteiger partial charge in [-0.15, -0.1) is 0 Å². The third-order valence-corrected chi connectivity index (χ3v) is 4.78. The maximum absolute atomic E-state index is 12.6. The Morgan fingerprint density at radius 1 is 1.36 bits per heavy atom. The number of amides is 2. The molecule has 0 aliphatic carbocycles. The van der Waals surface area contributed by atoms with Crippen molar-refractivity contribution in [3.63, 3.8) is 0 Å². The van der Waals surface area contributed by atoms with E-state index in [1.165, 1.54) is 30.1 Å². The van der Waals surface area contributed by atoms with Crippen LogP contribution in [0, 0.1) is 17.0 Å². The molecule has 2 amide bonds. The highest BCUT2D eigenvalue weighted by atomic mass is 16.6. The number of rotatable bonds is 7. The lowest BCUT2D eigenvalue weighted by Gasteiger charge is -2.35. The predicted octanol–water partition coefficient (Wildman–Crippen LogP) is 1.29. The number of carbonyl (C=O) groups excluding carboxylic acids is 1. The predicted molar refractivity (Wildman–Crippen MR) is 102 cm³/mol. The van der Waals surface area contributed by atoms with Crippen molar-refractivity contribution in [1.29, 1.82) is 0 Å². The Morgan fingerprint density at radius 3 is 2.68 bits per heavy atom. The van der Waals surface area contributed by atoms with Crippen LogP contribution in [-0.4, -0.2) is 96.3 Å². The molecular weight excluding hydrogens is 368 g/mol. The monoisotopic (exact) mass is 394 g/mol. The first-order valence-corrected chi connectivity index (χ1v) is 8.97. The van der Waals surface area contributed by atoms with E-state index in [4.69, 9.17) is 9.84 Å². The number of hydrogen-bond acceptors (Lipinski definition) is 6. The van der Waals surface area contributed by atoms with Crippen molar-refractivity contribution in [3.8, 4) is 0 Å². The van der Waals surface area contributed by atoms with E-state index in [0.717, 1.165) is 0 Å². The molecule has 0 bridgehead atoms. The quantitative estimate of drug-likeness (QED) is 0.547. The van der Waals surface area contributed by atoms with Crippen molar-refractivity contribution in [2.75, 3.05) is 53.4 Å². The third kappa shape index (κ3) is 5.64. The van der Waals surface area contributed by atoms with Gasteiger partial charge in [0.1, 0.15) is 0 Å². The zero-order valence-corrected chi connectivity index (χ0v) is 16.3. The molecule has 1 fully saturated rings. The van der Waals surface area contributed by atoms with Crippen molar-refractivity contribution >= 4 is 17.7 Å². The molecule has 0 spiro atoms. The summed E-state index contributed by atoms with van der Waals surface area (Å²) in [5.74, 6) is -0.192. The van der Waals surface area contributed by atoms with Gasteiger partial charge in [-0.1, -0.05) is 0 Å². The number of nitro groups is 1. The van der Waals surface area contributed by atoms with E-state index in [1.54, 1.807) is 18.9 Å². The molecular formula is C18H26N4O6. The van der Waals surface area contributed by atoms with E-state index >= 15 is 0 Å². The Kier molecular flexibility index (Phi) is 7.30. The topological polar surface area (TPSA) is 116 Å². The van der Waals surface area contributed by atoms with Gasteiger partial charge in [0.05, 0.1) is 24.2 Å². The number of nitrogens with zero attached hydrogens (tertiary/aromatic N) is 4. The Morgan fingerprint density at radius 2 is 2.07 bits per heavy atom. The third-order valence-electron chi connectivity index (χ3n) is 4.78. The Labute approximate surface area is 163 Å². The van der Waals surface area contributed by atoms with Crippen LogP contribution >= 0.6 is 0 Å². The van der Waals surface area contributed by atoms with Crippen LogP contribution in [0.3, 0.4) is 0 Å². The number of likely N-dealkylation sites (N-methyl/N-ethyl adjacent to an activating group) is 2. The summed E-state index contributed by atoms with van der Waals surface area (Å²) in [5.41, 5.74) is 0.965. The molecule has 10 heteroatoms. The highest BCUT2D eigenvalue weighted by Gasteiger charge is 2.24. The number of ether oxygens (including phenoxy) is 1. The van der Waals surface area contributed by atoms with Gasteiger partial charge in [-0.3, -0.25) is 19.8 Å². The number of non-ortho nitro benzene ring substituents is 1. The Bertz CT molecular complexity index is 741. The Balaban J connectivity index is 1.89. The van der Waals surface area contributed by atoms with Crippen LogP contribution in [0.2, 0.25) is 0 Å². The molecule has 1 unspecified atom stereocenters. The van der Waals surface area contributed by atoms with E-state index in [-0.39, 0.29) is 17.7 Å². The summed E-state index contributed by atoms with van der Waals surface area (Å²) in [4.78, 5) is 38.9. The van der Waals surface area contributed by atoms with Gasteiger partial charge in [-0.2, -0.15) is 0 Å². The zero-order chi connectivity index (χ0) is 20.8. The van der Waals surface area contributed by atoms with Gasteiger partial charge >= 0.3 is 6.09 Å². The fourth-order valence-electron chi connectivity index (χ4n) is 3.08. The molecule has 1 N–H and O–H groups in total. The summed E-state index contributed by atoms with van der Waals surface area (Å²) < 4.78 is 5.62. The number of aryl methyl sites for hydroxylation is 1. The number of benzene rings is 1. The SMILES string of the molecule is Cc1cc([N+](=O)[O-])ccc1C(=O)N(C)CCN1CCOC(CN(C)C(=O)O)C1. The van der Waals surface area contributed by atoms with E-state index in [0.29, 0.717) is 50.5 Å². The highest BCUT2D eigenvalue weighted by molar-refractivity contribution is 5.95. The summed E-state index contributed by atoms with van der Waals surface area (Å²) in [6.07, 6.45) is -1.20.